The number of thiophene rings is 1. The van der Waals surface area contributed by atoms with E-state index in [-0.39, 0.29) is 5.91 Å². The fourth-order valence-electron chi connectivity index (χ4n) is 2.89. The molecule has 0 saturated heterocycles. The first-order valence-corrected chi connectivity index (χ1v) is 8.84. The van der Waals surface area contributed by atoms with Crippen LogP contribution < -0.4 is 10.2 Å². The molecule has 1 aromatic heterocycles. The Morgan fingerprint density at radius 3 is 3.05 bits per heavy atom. The highest BCUT2D eigenvalue weighted by Crippen LogP contribution is 2.29. The van der Waals surface area contributed by atoms with Gasteiger partial charge in [0, 0.05) is 16.9 Å². The number of hydrogen-bond donors (Lipinski definition) is 2. The van der Waals surface area contributed by atoms with Crippen molar-refractivity contribution in [3.63, 3.8) is 0 Å². The van der Waals surface area contributed by atoms with Crippen molar-refractivity contribution in [1.29, 1.82) is 0 Å². The molecule has 1 aromatic carbocycles. The van der Waals surface area contributed by atoms with Gasteiger partial charge < -0.3 is 10.2 Å². The van der Waals surface area contributed by atoms with Gasteiger partial charge in [-0.1, -0.05) is 29.3 Å². The molecule has 2 aromatic rings. The molecule has 1 aliphatic rings. The van der Waals surface area contributed by atoms with Gasteiger partial charge in [-0.05, 0) is 30.5 Å². The average Bonchev–Trinajstić information content (AvgIpc) is 2.96. The lowest BCUT2D eigenvalue weighted by molar-refractivity contribution is -0.923. The zero-order valence-electron chi connectivity index (χ0n) is 12.2. The third kappa shape index (κ3) is 3.15. The van der Waals surface area contributed by atoms with Crippen LogP contribution in [0.4, 0.5) is 5.69 Å². The SMILES string of the molecule is C[C@H]1c2ccsc2CC[NH+]1CC(=O)Nc1cccc(Cl)c1Cl. The summed E-state index contributed by atoms with van der Waals surface area (Å²) in [6, 6.07) is 7.76. The number of fused-ring (bicyclic) bond motifs is 1. The van der Waals surface area contributed by atoms with E-state index in [9.17, 15) is 4.79 Å². The zero-order valence-corrected chi connectivity index (χ0v) is 14.5. The van der Waals surface area contributed by atoms with Crippen LogP contribution in [0.15, 0.2) is 29.6 Å². The summed E-state index contributed by atoms with van der Waals surface area (Å²) in [7, 11) is 0. The number of carbonyl (C=O) groups is 1. The highest BCUT2D eigenvalue weighted by atomic mass is 35.5. The molecular weight excluding hydrogens is 339 g/mol. The van der Waals surface area contributed by atoms with E-state index in [0.717, 1.165) is 13.0 Å². The summed E-state index contributed by atoms with van der Waals surface area (Å²) in [5.41, 5.74) is 1.94. The minimum Gasteiger partial charge on any atom is -0.321 e. The Morgan fingerprint density at radius 2 is 2.23 bits per heavy atom. The maximum atomic E-state index is 12.3. The highest BCUT2D eigenvalue weighted by Gasteiger charge is 2.29. The van der Waals surface area contributed by atoms with E-state index in [1.165, 1.54) is 15.3 Å². The second-order valence-electron chi connectivity index (χ2n) is 5.51. The summed E-state index contributed by atoms with van der Waals surface area (Å²) in [6.07, 6.45) is 1.04. The number of carbonyl (C=O) groups excluding carboxylic acids is 1. The van der Waals surface area contributed by atoms with Gasteiger partial charge in [0.1, 0.15) is 6.04 Å². The van der Waals surface area contributed by atoms with Crippen LogP contribution >= 0.6 is 34.5 Å². The fraction of sp³-hybridized carbons (Fsp3) is 0.312. The second-order valence-corrected chi connectivity index (χ2v) is 7.29. The molecule has 1 amide bonds. The van der Waals surface area contributed by atoms with Crippen molar-refractivity contribution < 1.29 is 9.69 Å². The first-order chi connectivity index (χ1) is 10.6. The number of benzene rings is 1. The van der Waals surface area contributed by atoms with Crippen molar-refractivity contribution in [1.82, 2.24) is 0 Å². The van der Waals surface area contributed by atoms with Crippen molar-refractivity contribution >= 4 is 46.1 Å². The molecule has 2 heterocycles. The maximum absolute atomic E-state index is 12.3. The van der Waals surface area contributed by atoms with E-state index in [1.807, 2.05) is 11.3 Å². The molecule has 3 nitrogen and oxygen atoms in total. The molecule has 3 rings (SSSR count). The quantitative estimate of drug-likeness (QED) is 0.870. The van der Waals surface area contributed by atoms with Gasteiger partial charge in [0.05, 0.1) is 22.3 Å². The van der Waals surface area contributed by atoms with Crippen LogP contribution in [0.3, 0.4) is 0 Å². The minimum absolute atomic E-state index is 0.0373. The summed E-state index contributed by atoms with van der Waals surface area (Å²) in [4.78, 5) is 15.0. The Bertz CT molecular complexity index is 701. The first kappa shape index (κ1) is 15.8. The number of rotatable bonds is 3. The molecule has 22 heavy (non-hydrogen) atoms. The normalized spacial score (nSPS) is 20.5. The van der Waals surface area contributed by atoms with Gasteiger partial charge in [-0.15, -0.1) is 11.3 Å². The highest BCUT2D eigenvalue weighted by molar-refractivity contribution is 7.10. The van der Waals surface area contributed by atoms with Crippen molar-refractivity contribution in [2.75, 3.05) is 18.4 Å². The van der Waals surface area contributed by atoms with Crippen LogP contribution in [0.2, 0.25) is 10.0 Å². The molecule has 0 saturated carbocycles. The number of quaternary nitrogens is 1. The van der Waals surface area contributed by atoms with Crippen molar-refractivity contribution in [3.8, 4) is 0 Å². The average molecular weight is 356 g/mol. The van der Waals surface area contributed by atoms with Gasteiger partial charge in [0.15, 0.2) is 6.54 Å². The lowest BCUT2D eigenvalue weighted by Crippen LogP contribution is -3.14. The van der Waals surface area contributed by atoms with Crippen LogP contribution in [0.1, 0.15) is 23.4 Å². The number of hydrogen-bond acceptors (Lipinski definition) is 2. The lowest BCUT2D eigenvalue weighted by Gasteiger charge is -2.29. The number of amides is 1. The Labute approximate surface area is 143 Å². The largest absolute Gasteiger partial charge is 0.321 e. The lowest BCUT2D eigenvalue weighted by atomic mass is 10.0. The van der Waals surface area contributed by atoms with Crippen molar-refractivity contribution in [2.24, 2.45) is 0 Å². The molecule has 1 aliphatic heterocycles. The van der Waals surface area contributed by atoms with E-state index in [4.69, 9.17) is 23.2 Å². The number of halogens is 2. The molecule has 0 aliphatic carbocycles. The van der Waals surface area contributed by atoms with Crippen LogP contribution in [0, 0.1) is 0 Å². The maximum Gasteiger partial charge on any atom is 0.279 e. The third-order valence-corrected chi connectivity index (χ3v) is 5.96. The summed E-state index contributed by atoms with van der Waals surface area (Å²) in [6.45, 7) is 3.59. The minimum atomic E-state index is -0.0373. The summed E-state index contributed by atoms with van der Waals surface area (Å²) < 4.78 is 0. The first-order valence-electron chi connectivity index (χ1n) is 7.21. The van der Waals surface area contributed by atoms with E-state index in [1.54, 1.807) is 18.2 Å². The predicted molar refractivity (Wildman–Crippen MR) is 92.2 cm³/mol. The molecule has 6 heteroatoms. The van der Waals surface area contributed by atoms with E-state index in [0.29, 0.717) is 28.3 Å². The van der Waals surface area contributed by atoms with Gasteiger partial charge in [-0.2, -0.15) is 0 Å². The van der Waals surface area contributed by atoms with Gasteiger partial charge in [-0.3, -0.25) is 4.79 Å². The molecule has 1 unspecified atom stereocenters. The van der Waals surface area contributed by atoms with Crippen molar-refractivity contribution in [2.45, 2.75) is 19.4 Å². The standard InChI is InChI=1S/C16H16Cl2N2OS/c1-10-11-6-8-22-14(11)5-7-20(10)9-15(21)19-13-4-2-3-12(17)16(13)18/h2-4,6,8,10H,5,7,9H2,1H3,(H,19,21)/p+1/t10-/m0/s1. The summed E-state index contributed by atoms with van der Waals surface area (Å²) in [5.74, 6) is -0.0373. The Morgan fingerprint density at radius 1 is 1.41 bits per heavy atom. The van der Waals surface area contributed by atoms with Gasteiger partial charge in [0.2, 0.25) is 0 Å². The Hall–Kier alpha value is -1.07. The van der Waals surface area contributed by atoms with Crippen LogP contribution in [0.25, 0.3) is 0 Å². The smallest absolute Gasteiger partial charge is 0.279 e. The van der Waals surface area contributed by atoms with Gasteiger partial charge in [0.25, 0.3) is 5.91 Å². The topological polar surface area (TPSA) is 33.5 Å². The van der Waals surface area contributed by atoms with Gasteiger partial charge >= 0.3 is 0 Å². The molecule has 0 bridgehead atoms. The fourth-order valence-corrected chi connectivity index (χ4v) is 4.22. The van der Waals surface area contributed by atoms with Crippen LogP contribution in [-0.2, 0) is 11.2 Å². The molecule has 2 N–H and O–H groups in total. The molecular formula is C16H17Cl2N2OS+. The molecule has 0 fully saturated rings. The van der Waals surface area contributed by atoms with Crippen molar-refractivity contribution in [3.05, 3.63) is 50.1 Å². The monoisotopic (exact) mass is 355 g/mol. The van der Waals surface area contributed by atoms with E-state index >= 15 is 0 Å². The summed E-state index contributed by atoms with van der Waals surface area (Å²) in [5, 5.41) is 5.83. The third-order valence-electron chi connectivity index (χ3n) is 4.15. The van der Waals surface area contributed by atoms with Crippen LogP contribution in [0.5, 0.6) is 0 Å². The van der Waals surface area contributed by atoms with E-state index < -0.39 is 0 Å². The summed E-state index contributed by atoms with van der Waals surface area (Å²) >= 11 is 13.9. The van der Waals surface area contributed by atoms with Gasteiger partial charge in [-0.25, -0.2) is 0 Å². The molecule has 0 radical (unpaired) electrons. The predicted octanol–water partition coefficient (Wildman–Crippen LogP) is 3.20. The molecule has 116 valence electrons. The van der Waals surface area contributed by atoms with Crippen LogP contribution in [-0.4, -0.2) is 19.0 Å². The number of anilines is 1. The molecule has 2 atom stereocenters. The Balaban J connectivity index is 1.67. The van der Waals surface area contributed by atoms with E-state index in [2.05, 4.69) is 23.7 Å². The number of nitrogens with one attached hydrogen (secondary N) is 2. The zero-order chi connectivity index (χ0) is 15.7. The second kappa shape index (κ2) is 6.59. The molecule has 0 spiro atoms. The Kier molecular flexibility index (Phi) is 4.73.